The third-order valence-electron chi connectivity index (χ3n) is 5.96. The van der Waals surface area contributed by atoms with Gasteiger partial charge in [-0.2, -0.15) is 0 Å². The van der Waals surface area contributed by atoms with Gasteiger partial charge < -0.3 is 10.2 Å². The van der Waals surface area contributed by atoms with Crippen molar-refractivity contribution in [3.05, 3.63) is 98.5 Å². The number of sulfonamides is 1. The van der Waals surface area contributed by atoms with E-state index in [4.69, 9.17) is 23.2 Å². The summed E-state index contributed by atoms with van der Waals surface area (Å²) in [5.41, 5.74) is -0.574. The van der Waals surface area contributed by atoms with Crippen LogP contribution < -0.4 is 9.62 Å². The maximum atomic E-state index is 14.0. The molecule has 0 aliphatic rings. The summed E-state index contributed by atoms with van der Waals surface area (Å²) < 4.78 is 28.4. The second-order valence-electron chi connectivity index (χ2n) is 10.3. The van der Waals surface area contributed by atoms with E-state index < -0.39 is 44.9 Å². The van der Waals surface area contributed by atoms with Gasteiger partial charge in [-0.1, -0.05) is 53.5 Å². The monoisotopic (exact) mass is 620 g/mol. The molecule has 1 atom stereocenters. The van der Waals surface area contributed by atoms with E-state index in [-0.39, 0.29) is 27.8 Å². The molecule has 0 aliphatic heterocycles. The predicted molar refractivity (Wildman–Crippen MR) is 158 cm³/mol. The first-order chi connectivity index (χ1) is 19.1. The third-order valence-corrected chi connectivity index (χ3v) is 8.33. The Balaban J connectivity index is 2.09. The maximum absolute atomic E-state index is 14.0. The van der Waals surface area contributed by atoms with Crippen molar-refractivity contribution < 1.29 is 22.9 Å². The Labute approximate surface area is 249 Å². The Kier molecular flexibility index (Phi) is 10.0. The Morgan fingerprint density at radius 1 is 1.00 bits per heavy atom. The molecule has 0 spiro atoms. The second-order valence-corrected chi connectivity index (χ2v) is 13.0. The molecule has 0 bridgehead atoms. The van der Waals surface area contributed by atoms with Crippen LogP contribution in [0.3, 0.4) is 0 Å². The first kappa shape index (κ1) is 31.9. The van der Waals surface area contributed by atoms with Crippen LogP contribution in [-0.4, -0.2) is 48.2 Å². The van der Waals surface area contributed by atoms with Gasteiger partial charge in [-0.3, -0.25) is 24.0 Å². The molecule has 2 amide bonds. The molecule has 0 fully saturated rings. The van der Waals surface area contributed by atoms with Gasteiger partial charge in [0.25, 0.3) is 15.7 Å². The fraction of sp³-hybridized carbons (Fsp3) is 0.286. The van der Waals surface area contributed by atoms with E-state index in [0.717, 1.165) is 10.4 Å². The highest BCUT2D eigenvalue weighted by molar-refractivity contribution is 7.92. The lowest BCUT2D eigenvalue weighted by molar-refractivity contribution is -0.384. The quantitative estimate of drug-likeness (QED) is 0.238. The van der Waals surface area contributed by atoms with E-state index in [1.54, 1.807) is 39.0 Å². The zero-order valence-corrected chi connectivity index (χ0v) is 25.2. The van der Waals surface area contributed by atoms with Crippen LogP contribution in [0.2, 0.25) is 10.0 Å². The average molecular weight is 622 g/mol. The average Bonchev–Trinajstić information content (AvgIpc) is 2.90. The summed E-state index contributed by atoms with van der Waals surface area (Å²) >= 11 is 12.4. The number of carbonyl (C=O) groups excluding carboxylic acids is 2. The highest BCUT2D eigenvalue weighted by Gasteiger charge is 2.34. The molecule has 10 nitrogen and oxygen atoms in total. The molecule has 0 saturated carbocycles. The molecule has 0 radical (unpaired) electrons. The number of nitro benzene ring substituents is 1. The van der Waals surface area contributed by atoms with Gasteiger partial charge in [0.1, 0.15) is 12.6 Å². The van der Waals surface area contributed by atoms with Crippen molar-refractivity contribution in [3.63, 3.8) is 0 Å². The minimum atomic E-state index is -4.37. The zero-order valence-electron chi connectivity index (χ0n) is 22.9. The van der Waals surface area contributed by atoms with E-state index in [1.165, 1.54) is 60.4 Å². The van der Waals surface area contributed by atoms with Gasteiger partial charge in [0, 0.05) is 34.3 Å². The normalized spacial score (nSPS) is 12.3. The van der Waals surface area contributed by atoms with Crippen molar-refractivity contribution in [2.75, 3.05) is 10.8 Å². The molecular weight excluding hydrogens is 591 g/mol. The van der Waals surface area contributed by atoms with E-state index in [9.17, 15) is 28.1 Å². The van der Waals surface area contributed by atoms with Crippen molar-refractivity contribution in [3.8, 4) is 0 Å². The Morgan fingerprint density at radius 2 is 1.66 bits per heavy atom. The summed E-state index contributed by atoms with van der Waals surface area (Å²) in [7, 11) is -4.37. The van der Waals surface area contributed by atoms with Gasteiger partial charge in [-0.05, 0) is 63.6 Å². The lowest BCUT2D eigenvalue weighted by Crippen LogP contribution is -2.54. The minimum Gasteiger partial charge on any atom is -0.350 e. The predicted octanol–water partition coefficient (Wildman–Crippen LogP) is 5.43. The molecule has 0 aromatic heterocycles. The van der Waals surface area contributed by atoms with Crippen LogP contribution in [0.15, 0.2) is 77.7 Å². The van der Waals surface area contributed by atoms with Crippen LogP contribution in [0.1, 0.15) is 33.3 Å². The standard InChI is InChI=1S/C28H30Cl2N4O6S/c1-19(27(36)31-28(2,3)4)32(17-20-13-14-21(29)15-25(20)30)26(35)18-33(22-9-8-10-23(16-22)34(37)38)41(39,40)24-11-6-5-7-12-24/h5-16,19H,17-18H2,1-4H3,(H,31,36)/t19-/m1/s1. The number of non-ortho nitro benzene ring substituents is 1. The number of amides is 2. The number of nitrogens with one attached hydrogen (secondary N) is 1. The molecule has 3 rings (SSSR count). The van der Waals surface area contributed by atoms with Crippen LogP contribution in [-0.2, 0) is 26.2 Å². The number of rotatable bonds is 10. The number of nitrogens with zero attached hydrogens (tertiary/aromatic N) is 3. The topological polar surface area (TPSA) is 130 Å². The fourth-order valence-electron chi connectivity index (χ4n) is 3.90. The summed E-state index contributed by atoms with van der Waals surface area (Å²) in [6, 6.07) is 16.0. The van der Waals surface area contributed by atoms with Crippen LogP contribution in [0.5, 0.6) is 0 Å². The Morgan fingerprint density at radius 3 is 2.24 bits per heavy atom. The van der Waals surface area contributed by atoms with E-state index in [1.807, 2.05) is 0 Å². The molecular formula is C28H30Cl2N4O6S. The molecule has 41 heavy (non-hydrogen) atoms. The van der Waals surface area contributed by atoms with Crippen molar-refractivity contribution in [1.29, 1.82) is 0 Å². The van der Waals surface area contributed by atoms with Gasteiger partial charge in [0.05, 0.1) is 15.5 Å². The number of hydrogen-bond acceptors (Lipinski definition) is 6. The molecule has 218 valence electrons. The van der Waals surface area contributed by atoms with Crippen molar-refractivity contribution >= 4 is 56.4 Å². The highest BCUT2D eigenvalue weighted by Crippen LogP contribution is 2.28. The zero-order chi connectivity index (χ0) is 30.5. The van der Waals surface area contributed by atoms with Gasteiger partial charge >= 0.3 is 0 Å². The minimum absolute atomic E-state index is 0.0901. The largest absolute Gasteiger partial charge is 0.350 e. The smallest absolute Gasteiger partial charge is 0.271 e. The van der Waals surface area contributed by atoms with E-state index >= 15 is 0 Å². The van der Waals surface area contributed by atoms with Gasteiger partial charge in [-0.25, -0.2) is 8.42 Å². The summed E-state index contributed by atoms with van der Waals surface area (Å²) in [4.78, 5) is 39.0. The molecule has 1 N–H and O–H groups in total. The van der Waals surface area contributed by atoms with Crippen LogP contribution in [0.4, 0.5) is 11.4 Å². The number of hydrogen-bond donors (Lipinski definition) is 1. The van der Waals surface area contributed by atoms with Crippen molar-refractivity contribution in [1.82, 2.24) is 10.2 Å². The first-order valence-electron chi connectivity index (χ1n) is 12.5. The van der Waals surface area contributed by atoms with E-state index in [2.05, 4.69) is 5.32 Å². The highest BCUT2D eigenvalue weighted by atomic mass is 35.5. The molecule has 0 aliphatic carbocycles. The molecule has 0 saturated heterocycles. The third kappa shape index (κ3) is 8.18. The molecule has 0 heterocycles. The van der Waals surface area contributed by atoms with Crippen LogP contribution >= 0.6 is 23.2 Å². The van der Waals surface area contributed by atoms with Gasteiger partial charge in [-0.15, -0.1) is 0 Å². The summed E-state index contributed by atoms with van der Waals surface area (Å²) in [6.07, 6.45) is 0. The number of halogens is 2. The van der Waals surface area contributed by atoms with E-state index in [0.29, 0.717) is 10.6 Å². The number of benzene rings is 3. The summed E-state index contributed by atoms with van der Waals surface area (Å²) in [6.45, 7) is 5.99. The Hall–Kier alpha value is -3.67. The van der Waals surface area contributed by atoms with Crippen LogP contribution in [0.25, 0.3) is 0 Å². The van der Waals surface area contributed by atoms with Crippen molar-refractivity contribution in [2.24, 2.45) is 0 Å². The van der Waals surface area contributed by atoms with Gasteiger partial charge in [0.15, 0.2) is 0 Å². The van der Waals surface area contributed by atoms with Gasteiger partial charge in [0.2, 0.25) is 11.8 Å². The fourth-order valence-corrected chi connectivity index (χ4v) is 5.80. The summed E-state index contributed by atoms with van der Waals surface area (Å²) in [5.74, 6) is -1.21. The van der Waals surface area contributed by atoms with Crippen molar-refractivity contribution in [2.45, 2.75) is 50.7 Å². The maximum Gasteiger partial charge on any atom is 0.271 e. The first-order valence-corrected chi connectivity index (χ1v) is 14.7. The number of nitro groups is 1. The molecule has 3 aromatic carbocycles. The second kappa shape index (κ2) is 12.9. The summed E-state index contributed by atoms with van der Waals surface area (Å²) in [5, 5.41) is 14.9. The number of anilines is 1. The molecule has 3 aromatic rings. The molecule has 0 unspecified atom stereocenters. The lowest BCUT2D eigenvalue weighted by atomic mass is 10.1. The number of carbonyl (C=O) groups is 2. The lowest BCUT2D eigenvalue weighted by Gasteiger charge is -2.33. The Bertz CT molecular complexity index is 1540. The molecule has 13 heteroatoms. The SMILES string of the molecule is C[C@H](C(=O)NC(C)(C)C)N(Cc1ccc(Cl)cc1Cl)C(=O)CN(c1cccc([N+](=O)[O-])c1)S(=O)(=O)c1ccccc1. The van der Waals surface area contributed by atoms with Crippen LogP contribution in [0, 0.1) is 10.1 Å².